The maximum absolute atomic E-state index is 13.1. The number of rotatable bonds is 2. The van der Waals surface area contributed by atoms with Gasteiger partial charge in [0.1, 0.15) is 0 Å². The lowest BCUT2D eigenvalue weighted by Gasteiger charge is -2.21. The summed E-state index contributed by atoms with van der Waals surface area (Å²) >= 11 is 0. The van der Waals surface area contributed by atoms with Crippen LogP contribution in [0.5, 0.6) is 0 Å². The normalized spacial score (nSPS) is 15.2. The molecule has 0 radical (unpaired) electrons. The van der Waals surface area contributed by atoms with Crippen molar-refractivity contribution < 1.29 is 13.2 Å². The average Bonchev–Trinajstić information content (AvgIpc) is 2.82. The van der Waals surface area contributed by atoms with Crippen molar-refractivity contribution in [3.8, 4) is 0 Å². The number of hydrogen-bond donors (Lipinski definition) is 2. The van der Waals surface area contributed by atoms with Gasteiger partial charge in [0.15, 0.2) is 5.96 Å². The Morgan fingerprint density at radius 1 is 1.30 bits per heavy atom. The zero-order chi connectivity index (χ0) is 14.9. The maximum atomic E-state index is 13.1. The molecule has 2 rings (SSSR count). The summed E-state index contributed by atoms with van der Waals surface area (Å²) in [5, 5.41) is 5.73. The van der Waals surface area contributed by atoms with Gasteiger partial charge < -0.3 is 10.6 Å². The SMILES string of the molecule is Cc1c(C(C)C)ccc(C(F)(F)F)c1NC1=NCCN1. The highest BCUT2D eigenvalue weighted by Gasteiger charge is 2.35. The first kappa shape index (κ1) is 14.7. The van der Waals surface area contributed by atoms with Crippen LogP contribution in [-0.2, 0) is 6.18 Å². The zero-order valence-electron chi connectivity index (χ0n) is 11.7. The van der Waals surface area contributed by atoms with Crippen molar-refractivity contribution in [3.63, 3.8) is 0 Å². The number of nitrogens with one attached hydrogen (secondary N) is 2. The van der Waals surface area contributed by atoms with Gasteiger partial charge in [-0.25, -0.2) is 0 Å². The summed E-state index contributed by atoms with van der Waals surface area (Å²) in [5.74, 6) is 0.566. The van der Waals surface area contributed by atoms with Gasteiger partial charge in [-0.15, -0.1) is 0 Å². The molecule has 1 aliphatic rings. The quantitative estimate of drug-likeness (QED) is 0.872. The Morgan fingerprint density at radius 2 is 2.00 bits per heavy atom. The van der Waals surface area contributed by atoms with E-state index in [9.17, 15) is 13.2 Å². The van der Waals surface area contributed by atoms with Crippen molar-refractivity contribution >= 4 is 11.6 Å². The number of guanidine groups is 1. The molecule has 0 saturated carbocycles. The molecule has 6 heteroatoms. The van der Waals surface area contributed by atoms with E-state index in [1.165, 1.54) is 0 Å². The van der Waals surface area contributed by atoms with Crippen LogP contribution >= 0.6 is 0 Å². The van der Waals surface area contributed by atoms with Crippen LogP contribution < -0.4 is 10.6 Å². The minimum atomic E-state index is -4.39. The lowest BCUT2D eigenvalue weighted by molar-refractivity contribution is -0.136. The average molecular weight is 285 g/mol. The second-order valence-electron chi connectivity index (χ2n) is 5.14. The first-order valence-electron chi connectivity index (χ1n) is 6.56. The van der Waals surface area contributed by atoms with Crippen molar-refractivity contribution in [1.29, 1.82) is 0 Å². The Kier molecular flexibility index (Phi) is 3.92. The van der Waals surface area contributed by atoms with Crippen LogP contribution in [0.2, 0.25) is 0 Å². The smallest absolute Gasteiger partial charge is 0.354 e. The highest BCUT2D eigenvalue weighted by Crippen LogP contribution is 2.39. The standard InChI is InChI=1S/C14H18F3N3/c1-8(2)10-4-5-11(14(15,16)17)12(9(10)3)20-13-18-6-7-19-13/h4-5,8H,6-7H2,1-3H3,(H2,18,19,20). The number of aliphatic imine (C=N–C) groups is 1. The summed E-state index contributed by atoms with van der Waals surface area (Å²) < 4.78 is 39.4. The molecular formula is C14H18F3N3. The third-order valence-corrected chi connectivity index (χ3v) is 3.35. The van der Waals surface area contributed by atoms with E-state index in [2.05, 4.69) is 15.6 Å². The maximum Gasteiger partial charge on any atom is 0.418 e. The van der Waals surface area contributed by atoms with E-state index in [4.69, 9.17) is 0 Å². The summed E-state index contributed by atoms with van der Waals surface area (Å²) in [6.07, 6.45) is -4.39. The van der Waals surface area contributed by atoms with Crippen LogP contribution in [0.4, 0.5) is 18.9 Å². The largest absolute Gasteiger partial charge is 0.418 e. The highest BCUT2D eigenvalue weighted by atomic mass is 19.4. The van der Waals surface area contributed by atoms with E-state index in [0.717, 1.165) is 11.6 Å². The Bertz CT molecular complexity index is 533. The van der Waals surface area contributed by atoms with E-state index in [-0.39, 0.29) is 11.6 Å². The Balaban J connectivity index is 2.50. The fourth-order valence-electron chi connectivity index (χ4n) is 2.35. The van der Waals surface area contributed by atoms with Crippen LogP contribution in [0.3, 0.4) is 0 Å². The highest BCUT2D eigenvalue weighted by molar-refractivity contribution is 5.96. The van der Waals surface area contributed by atoms with Crippen molar-refractivity contribution in [2.24, 2.45) is 4.99 Å². The molecule has 1 aromatic carbocycles. The minimum absolute atomic E-state index is 0.0943. The predicted molar refractivity (Wildman–Crippen MR) is 74.2 cm³/mol. The molecule has 0 unspecified atom stereocenters. The fraction of sp³-hybridized carbons (Fsp3) is 0.500. The zero-order valence-corrected chi connectivity index (χ0v) is 11.7. The second kappa shape index (κ2) is 5.34. The van der Waals surface area contributed by atoms with Crippen LogP contribution in [0.25, 0.3) is 0 Å². The summed E-state index contributed by atoms with van der Waals surface area (Å²) in [7, 11) is 0. The van der Waals surface area contributed by atoms with Crippen molar-refractivity contribution in [2.75, 3.05) is 18.4 Å². The van der Waals surface area contributed by atoms with E-state index >= 15 is 0 Å². The summed E-state index contributed by atoms with van der Waals surface area (Å²) in [4.78, 5) is 4.10. The fourth-order valence-corrected chi connectivity index (χ4v) is 2.35. The first-order chi connectivity index (χ1) is 9.30. The second-order valence-corrected chi connectivity index (χ2v) is 5.14. The summed E-state index contributed by atoms with van der Waals surface area (Å²) in [5.41, 5.74) is 0.956. The third kappa shape index (κ3) is 2.89. The molecule has 110 valence electrons. The topological polar surface area (TPSA) is 36.4 Å². The predicted octanol–water partition coefficient (Wildman–Crippen LogP) is 3.51. The molecule has 20 heavy (non-hydrogen) atoms. The molecule has 0 bridgehead atoms. The van der Waals surface area contributed by atoms with Crippen LogP contribution in [-0.4, -0.2) is 19.0 Å². The van der Waals surface area contributed by atoms with Gasteiger partial charge in [0, 0.05) is 6.54 Å². The minimum Gasteiger partial charge on any atom is -0.354 e. The van der Waals surface area contributed by atoms with Gasteiger partial charge >= 0.3 is 6.18 Å². The summed E-state index contributed by atoms with van der Waals surface area (Å²) in [6.45, 7) is 6.86. The Labute approximate surface area is 116 Å². The number of benzene rings is 1. The van der Waals surface area contributed by atoms with Crippen molar-refractivity contribution in [2.45, 2.75) is 32.9 Å². The van der Waals surface area contributed by atoms with Gasteiger partial charge in [0.2, 0.25) is 0 Å². The lowest BCUT2D eigenvalue weighted by Crippen LogP contribution is -2.28. The molecule has 0 spiro atoms. The Morgan fingerprint density at radius 3 is 2.50 bits per heavy atom. The number of anilines is 1. The molecule has 2 N–H and O–H groups in total. The summed E-state index contributed by atoms with van der Waals surface area (Å²) in [6, 6.07) is 2.69. The molecule has 1 aliphatic heterocycles. The molecular weight excluding hydrogens is 267 g/mol. The number of alkyl halides is 3. The molecule has 0 aromatic heterocycles. The van der Waals surface area contributed by atoms with Gasteiger partial charge in [-0.05, 0) is 30.0 Å². The van der Waals surface area contributed by atoms with Crippen molar-refractivity contribution in [1.82, 2.24) is 5.32 Å². The van der Waals surface area contributed by atoms with Gasteiger partial charge in [-0.2, -0.15) is 13.2 Å². The van der Waals surface area contributed by atoms with Gasteiger partial charge in [0.05, 0.1) is 17.8 Å². The molecule has 3 nitrogen and oxygen atoms in total. The van der Waals surface area contributed by atoms with E-state index in [0.29, 0.717) is 24.6 Å². The molecule has 0 saturated heterocycles. The van der Waals surface area contributed by atoms with Gasteiger partial charge in [0.25, 0.3) is 0 Å². The molecule has 0 aliphatic carbocycles. The Hall–Kier alpha value is -1.72. The number of halogens is 3. The molecule has 1 aromatic rings. The third-order valence-electron chi connectivity index (χ3n) is 3.35. The molecule has 0 fully saturated rings. The lowest BCUT2D eigenvalue weighted by atomic mass is 9.94. The van der Waals surface area contributed by atoms with Crippen LogP contribution in [0.1, 0.15) is 36.5 Å². The van der Waals surface area contributed by atoms with Gasteiger partial charge in [-0.3, -0.25) is 4.99 Å². The number of nitrogens with zero attached hydrogens (tertiary/aromatic N) is 1. The van der Waals surface area contributed by atoms with E-state index in [1.54, 1.807) is 13.0 Å². The first-order valence-corrected chi connectivity index (χ1v) is 6.56. The molecule has 0 amide bonds. The molecule has 0 atom stereocenters. The van der Waals surface area contributed by atoms with E-state index < -0.39 is 11.7 Å². The van der Waals surface area contributed by atoms with E-state index in [1.807, 2.05) is 13.8 Å². The molecule has 1 heterocycles. The number of hydrogen-bond acceptors (Lipinski definition) is 3. The van der Waals surface area contributed by atoms with Crippen LogP contribution in [0, 0.1) is 6.92 Å². The van der Waals surface area contributed by atoms with Crippen LogP contribution in [0.15, 0.2) is 17.1 Å². The monoisotopic (exact) mass is 285 g/mol. The van der Waals surface area contributed by atoms with Crippen molar-refractivity contribution in [3.05, 3.63) is 28.8 Å². The van der Waals surface area contributed by atoms with Gasteiger partial charge in [-0.1, -0.05) is 19.9 Å².